The normalized spacial score (nSPS) is 20.8. The smallest absolute Gasteiger partial charge is 0.264 e. The van der Waals surface area contributed by atoms with Crippen molar-refractivity contribution in [3.63, 3.8) is 0 Å². The molecule has 1 fully saturated rings. The number of aromatic amines is 1. The summed E-state index contributed by atoms with van der Waals surface area (Å²) in [5.41, 5.74) is 0.715. The Hall–Kier alpha value is -0.470. The second kappa shape index (κ2) is 5.45. The van der Waals surface area contributed by atoms with Crippen LogP contribution in [0, 0.1) is 3.57 Å². The molecule has 0 amide bonds. The van der Waals surface area contributed by atoms with Crippen molar-refractivity contribution in [2.75, 3.05) is 19.8 Å². The first-order chi connectivity index (χ1) is 8.09. The van der Waals surface area contributed by atoms with Gasteiger partial charge in [-0.3, -0.25) is 4.79 Å². The summed E-state index contributed by atoms with van der Waals surface area (Å²) in [6.07, 6.45) is -0.258. The van der Waals surface area contributed by atoms with E-state index in [-0.39, 0.29) is 17.6 Å². The van der Waals surface area contributed by atoms with Gasteiger partial charge in [-0.05, 0) is 28.5 Å². The van der Waals surface area contributed by atoms with E-state index in [4.69, 9.17) is 9.47 Å². The highest BCUT2D eigenvalue weighted by Gasteiger charge is 2.21. The maximum Gasteiger partial charge on any atom is 0.264 e. The lowest BCUT2D eigenvalue weighted by Crippen LogP contribution is -2.27. The Bertz CT molecular complexity index is 453. The fraction of sp³-hybridized carbons (Fsp3) is 0.636. The van der Waals surface area contributed by atoms with E-state index in [0.717, 1.165) is 5.69 Å². The number of hydrogen-bond acceptors (Lipinski definition) is 4. The molecule has 17 heavy (non-hydrogen) atoms. The number of halogens is 1. The third kappa shape index (κ3) is 2.86. The number of nitrogens with zero attached hydrogens (tertiary/aromatic N) is 1. The van der Waals surface area contributed by atoms with E-state index < -0.39 is 0 Å². The highest BCUT2D eigenvalue weighted by atomic mass is 127. The van der Waals surface area contributed by atoms with Crippen molar-refractivity contribution in [3.05, 3.63) is 25.4 Å². The van der Waals surface area contributed by atoms with E-state index in [1.165, 1.54) is 0 Å². The van der Waals surface area contributed by atoms with Gasteiger partial charge in [0.2, 0.25) is 0 Å². The van der Waals surface area contributed by atoms with Crippen LogP contribution in [-0.4, -0.2) is 29.8 Å². The minimum absolute atomic E-state index is 0.103. The highest BCUT2D eigenvalue weighted by molar-refractivity contribution is 14.1. The number of aromatic nitrogens is 2. The fourth-order valence-electron chi connectivity index (χ4n) is 1.67. The van der Waals surface area contributed by atoms with Crippen LogP contribution in [0.25, 0.3) is 0 Å². The summed E-state index contributed by atoms with van der Waals surface area (Å²) in [5, 5.41) is 0. The molecule has 0 radical (unpaired) electrons. The molecule has 0 aliphatic carbocycles. The maximum absolute atomic E-state index is 11.8. The Morgan fingerprint density at radius 1 is 1.47 bits per heavy atom. The largest absolute Gasteiger partial charge is 0.376 e. The lowest BCUT2D eigenvalue weighted by molar-refractivity contribution is -0.0937. The quantitative estimate of drug-likeness (QED) is 0.823. The molecule has 1 aromatic heterocycles. The van der Waals surface area contributed by atoms with Crippen molar-refractivity contribution in [1.82, 2.24) is 9.97 Å². The van der Waals surface area contributed by atoms with Crippen molar-refractivity contribution >= 4 is 22.6 Å². The van der Waals surface area contributed by atoms with Gasteiger partial charge in [-0.1, -0.05) is 13.8 Å². The third-order valence-corrected chi connectivity index (χ3v) is 3.62. The summed E-state index contributed by atoms with van der Waals surface area (Å²) in [4.78, 5) is 19.1. The van der Waals surface area contributed by atoms with E-state index >= 15 is 0 Å². The van der Waals surface area contributed by atoms with Crippen LogP contribution in [0.2, 0.25) is 0 Å². The molecule has 6 heteroatoms. The van der Waals surface area contributed by atoms with Gasteiger partial charge in [0, 0.05) is 0 Å². The first kappa shape index (κ1) is 13.0. The first-order valence-corrected chi connectivity index (χ1v) is 6.66. The van der Waals surface area contributed by atoms with Gasteiger partial charge in [-0.2, -0.15) is 0 Å². The molecule has 2 rings (SSSR count). The zero-order valence-corrected chi connectivity index (χ0v) is 12.0. The van der Waals surface area contributed by atoms with Gasteiger partial charge >= 0.3 is 0 Å². The van der Waals surface area contributed by atoms with Gasteiger partial charge in [0.15, 0.2) is 0 Å². The monoisotopic (exact) mass is 350 g/mol. The van der Waals surface area contributed by atoms with Crippen LogP contribution in [0.4, 0.5) is 0 Å². The Kier molecular flexibility index (Phi) is 4.16. The van der Waals surface area contributed by atoms with Gasteiger partial charge in [-0.15, -0.1) is 0 Å². The van der Waals surface area contributed by atoms with E-state index in [2.05, 4.69) is 9.97 Å². The fourth-order valence-corrected chi connectivity index (χ4v) is 2.55. The molecule has 0 bridgehead atoms. The summed E-state index contributed by atoms with van der Waals surface area (Å²) in [6, 6.07) is 0. The minimum atomic E-state index is -0.258. The highest BCUT2D eigenvalue weighted by Crippen LogP contribution is 2.20. The average molecular weight is 350 g/mol. The summed E-state index contributed by atoms with van der Waals surface area (Å²) in [7, 11) is 0. The molecule has 1 aliphatic rings. The number of hydrogen-bond donors (Lipinski definition) is 1. The van der Waals surface area contributed by atoms with Gasteiger partial charge in [0.25, 0.3) is 5.56 Å². The van der Waals surface area contributed by atoms with E-state index in [9.17, 15) is 4.79 Å². The van der Waals surface area contributed by atoms with Crippen LogP contribution in [0.1, 0.15) is 37.4 Å². The first-order valence-electron chi connectivity index (χ1n) is 5.58. The van der Waals surface area contributed by atoms with Crippen LogP contribution < -0.4 is 5.56 Å². The summed E-state index contributed by atoms with van der Waals surface area (Å²) in [6.45, 7) is 5.62. The zero-order chi connectivity index (χ0) is 12.4. The molecular formula is C11H15IN2O3. The maximum atomic E-state index is 11.8. The molecule has 1 aromatic rings. The van der Waals surface area contributed by atoms with E-state index in [1.54, 1.807) is 0 Å². The summed E-state index contributed by atoms with van der Waals surface area (Å²) >= 11 is 2.03. The van der Waals surface area contributed by atoms with Crippen molar-refractivity contribution in [1.29, 1.82) is 0 Å². The molecule has 5 nitrogen and oxygen atoms in total. The van der Waals surface area contributed by atoms with Crippen LogP contribution in [-0.2, 0) is 9.47 Å². The number of rotatable bonds is 2. The molecule has 1 aliphatic heterocycles. The lowest BCUT2D eigenvalue weighted by atomic mass is 10.1. The topological polar surface area (TPSA) is 64.2 Å². The van der Waals surface area contributed by atoms with E-state index in [0.29, 0.717) is 29.2 Å². The van der Waals surface area contributed by atoms with Gasteiger partial charge < -0.3 is 14.5 Å². The number of ether oxygens (including phenoxy) is 2. The average Bonchev–Trinajstić information content (AvgIpc) is 2.33. The van der Waals surface area contributed by atoms with Crippen LogP contribution >= 0.6 is 22.6 Å². The van der Waals surface area contributed by atoms with Crippen molar-refractivity contribution in [2.24, 2.45) is 0 Å². The molecule has 1 N–H and O–H groups in total. The standard InChI is InChI=1S/C11H15IN2O3/c1-6(2)9-8(12)11(15)14-10(13-9)7-5-16-3-4-17-7/h6-7H,3-5H2,1-2H3,(H,13,14,15). The summed E-state index contributed by atoms with van der Waals surface area (Å²) in [5.74, 6) is 0.784. The summed E-state index contributed by atoms with van der Waals surface area (Å²) < 4.78 is 11.5. The van der Waals surface area contributed by atoms with Gasteiger partial charge in [-0.25, -0.2) is 4.98 Å². The Morgan fingerprint density at radius 2 is 2.24 bits per heavy atom. The molecule has 0 saturated carbocycles. The van der Waals surface area contributed by atoms with Gasteiger partial charge in [0.05, 0.1) is 29.1 Å². The van der Waals surface area contributed by atoms with E-state index in [1.807, 2.05) is 36.4 Å². The molecule has 94 valence electrons. The van der Waals surface area contributed by atoms with Crippen LogP contribution in [0.15, 0.2) is 4.79 Å². The lowest BCUT2D eigenvalue weighted by Gasteiger charge is -2.22. The Balaban J connectivity index is 2.37. The SMILES string of the molecule is CC(C)c1nc(C2COCCO2)[nH]c(=O)c1I. The van der Waals surface area contributed by atoms with Crippen LogP contribution in [0.3, 0.4) is 0 Å². The molecule has 1 atom stereocenters. The van der Waals surface area contributed by atoms with Gasteiger partial charge in [0.1, 0.15) is 11.9 Å². The number of H-pyrrole nitrogens is 1. The molecule has 1 unspecified atom stereocenters. The zero-order valence-electron chi connectivity index (χ0n) is 9.83. The van der Waals surface area contributed by atoms with Crippen molar-refractivity contribution in [2.45, 2.75) is 25.9 Å². The van der Waals surface area contributed by atoms with Crippen LogP contribution in [0.5, 0.6) is 0 Å². The molecule has 0 spiro atoms. The molecule has 2 heterocycles. The Morgan fingerprint density at radius 3 is 2.82 bits per heavy atom. The number of nitrogens with one attached hydrogen (secondary N) is 1. The predicted molar refractivity (Wildman–Crippen MR) is 71.2 cm³/mol. The molecule has 0 aromatic carbocycles. The Labute approximate surface area is 113 Å². The predicted octanol–water partition coefficient (Wildman–Crippen LogP) is 1.59. The second-order valence-electron chi connectivity index (χ2n) is 4.24. The van der Waals surface area contributed by atoms with Crippen molar-refractivity contribution < 1.29 is 9.47 Å². The third-order valence-electron chi connectivity index (χ3n) is 2.57. The minimum Gasteiger partial charge on any atom is -0.376 e. The van der Waals surface area contributed by atoms with Crippen molar-refractivity contribution in [3.8, 4) is 0 Å². The molecule has 1 saturated heterocycles. The molecular weight excluding hydrogens is 335 g/mol. The second-order valence-corrected chi connectivity index (χ2v) is 5.32.